The van der Waals surface area contributed by atoms with Gasteiger partial charge in [-0.05, 0) is 48.9 Å². The van der Waals surface area contributed by atoms with Crippen LogP contribution in [0.25, 0.3) is 0 Å². The topological polar surface area (TPSA) is 66.4 Å². The Kier molecular flexibility index (Phi) is 5.87. The van der Waals surface area contributed by atoms with E-state index in [0.717, 1.165) is 16.3 Å². The van der Waals surface area contributed by atoms with Crippen molar-refractivity contribution in [2.75, 3.05) is 23.9 Å². The lowest BCUT2D eigenvalue weighted by Crippen LogP contribution is -2.33. The first-order valence-electron chi connectivity index (χ1n) is 10.7. The van der Waals surface area contributed by atoms with E-state index >= 15 is 0 Å². The van der Waals surface area contributed by atoms with E-state index in [1.807, 2.05) is 33.9 Å². The highest BCUT2D eigenvalue weighted by Crippen LogP contribution is 2.43. The summed E-state index contributed by atoms with van der Waals surface area (Å²) in [5.41, 5.74) is 2.22. The Morgan fingerprint density at radius 3 is 1.66 bits per heavy atom. The smallest absolute Gasteiger partial charge is 0.299 e. The summed E-state index contributed by atoms with van der Waals surface area (Å²) in [6.45, 7) is 12.0. The highest BCUT2D eigenvalue weighted by Gasteiger charge is 2.52. The van der Waals surface area contributed by atoms with Gasteiger partial charge in [-0.1, -0.05) is 27.7 Å². The first-order valence-corrected chi connectivity index (χ1v) is 10.7. The number of likely N-dealkylation sites (N-methyl/N-ethyl adjacent to an activating group) is 2. The number of aromatic nitrogens is 2. The number of anilines is 2. The molecule has 0 saturated carbocycles. The fraction of sp³-hybridized carbons (Fsp3) is 0.500. The molecule has 0 atom stereocenters. The van der Waals surface area contributed by atoms with Crippen LogP contribution in [0.5, 0.6) is 0 Å². The van der Waals surface area contributed by atoms with Crippen molar-refractivity contribution in [3.8, 4) is 0 Å². The third-order valence-electron chi connectivity index (χ3n) is 6.17. The molecule has 2 aliphatic rings. The normalized spacial score (nSPS) is 18.1. The van der Waals surface area contributed by atoms with Crippen LogP contribution in [-0.4, -0.2) is 35.9 Å². The predicted octanol–water partition coefficient (Wildman–Crippen LogP) is 4.73. The maximum Gasteiger partial charge on any atom is 0.353 e. The van der Waals surface area contributed by atoms with Crippen LogP contribution in [0.15, 0.2) is 24.5 Å². The summed E-state index contributed by atoms with van der Waals surface area (Å²) in [6, 6.07) is 3.49. The van der Waals surface area contributed by atoms with Gasteiger partial charge < -0.3 is 0 Å². The summed E-state index contributed by atoms with van der Waals surface area (Å²) in [4.78, 5) is 34.3. The Hall–Kier alpha value is -2.90. The number of carbonyl (C=O) groups is 2. The van der Waals surface area contributed by atoms with E-state index in [2.05, 4.69) is 29.9 Å². The van der Waals surface area contributed by atoms with Gasteiger partial charge in [-0.2, -0.15) is 8.78 Å². The second-order valence-corrected chi connectivity index (χ2v) is 9.52. The van der Waals surface area contributed by atoms with Gasteiger partial charge in [0, 0.05) is 32.1 Å². The summed E-state index contributed by atoms with van der Waals surface area (Å²) in [6.07, 6.45) is 3.41. The molecule has 4 heterocycles. The zero-order valence-electron chi connectivity index (χ0n) is 19.8. The first-order chi connectivity index (χ1) is 14.7. The molecule has 2 aromatic heterocycles. The molecule has 0 N–H and O–H groups in total. The highest BCUT2D eigenvalue weighted by atomic mass is 19.3. The maximum atomic E-state index is 13.6. The second-order valence-electron chi connectivity index (χ2n) is 9.52. The largest absolute Gasteiger partial charge is 0.353 e. The van der Waals surface area contributed by atoms with Gasteiger partial charge in [0.05, 0.1) is 11.0 Å². The Morgan fingerprint density at radius 1 is 0.781 bits per heavy atom. The van der Waals surface area contributed by atoms with Gasteiger partial charge in [-0.25, -0.2) is 9.97 Å². The molecule has 4 rings (SSSR count). The van der Waals surface area contributed by atoms with Crippen molar-refractivity contribution < 1.29 is 18.4 Å². The quantitative estimate of drug-likeness (QED) is 0.672. The molecule has 0 fully saturated rings. The standard InChI is InChI=1S/C13H18N2O.C11H12F2N2O/c1-8(2)9-6-10-11(14-7-9)15(5)12(16)13(10,3)4;1-6(2)7-4-8-9(14-5-7)15(3)10(16)11(8,12)13/h6-8H,1-5H3;4-6H,1-3H3. The Labute approximate surface area is 187 Å². The Balaban J connectivity index is 0.000000181. The number of rotatable bonds is 2. The van der Waals surface area contributed by atoms with Gasteiger partial charge >= 0.3 is 11.8 Å². The Bertz CT molecular complexity index is 994. The number of hydrogen-bond acceptors (Lipinski definition) is 4. The third kappa shape index (κ3) is 3.65. The van der Waals surface area contributed by atoms with Gasteiger partial charge in [0.25, 0.3) is 0 Å². The van der Waals surface area contributed by atoms with E-state index < -0.39 is 17.2 Å². The van der Waals surface area contributed by atoms with Crippen molar-refractivity contribution in [3.05, 3.63) is 46.8 Å². The molecule has 0 bridgehead atoms. The van der Waals surface area contributed by atoms with E-state index in [9.17, 15) is 18.4 Å². The summed E-state index contributed by atoms with van der Waals surface area (Å²) in [5, 5.41) is 0. The van der Waals surface area contributed by atoms with Crippen LogP contribution in [0.3, 0.4) is 0 Å². The van der Waals surface area contributed by atoms with E-state index in [-0.39, 0.29) is 23.2 Å². The van der Waals surface area contributed by atoms with Crippen molar-refractivity contribution in [1.82, 2.24) is 9.97 Å². The van der Waals surface area contributed by atoms with Crippen molar-refractivity contribution in [3.63, 3.8) is 0 Å². The zero-order chi connectivity index (χ0) is 24.2. The number of fused-ring (bicyclic) bond motifs is 2. The molecule has 0 saturated heterocycles. The minimum atomic E-state index is -3.44. The monoisotopic (exact) mass is 444 g/mol. The predicted molar refractivity (Wildman–Crippen MR) is 120 cm³/mol. The third-order valence-corrected chi connectivity index (χ3v) is 6.17. The number of halogens is 2. The fourth-order valence-electron chi connectivity index (χ4n) is 3.86. The molecule has 6 nitrogen and oxygen atoms in total. The molecule has 0 spiro atoms. The molecule has 0 unspecified atom stereocenters. The van der Waals surface area contributed by atoms with Crippen LogP contribution >= 0.6 is 0 Å². The van der Waals surface area contributed by atoms with Gasteiger partial charge in [0.15, 0.2) is 0 Å². The highest BCUT2D eigenvalue weighted by molar-refractivity contribution is 6.06. The van der Waals surface area contributed by atoms with Crippen LogP contribution < -0.4 is 9.80 Å². The van der Waals surface area contributed by atoms with Gasteiger partial charge in [-0.15, -0.1) is 0 Å². The number of nitrogens with zero attached hydrogens (tertiary/aromatic N) is 4. The fourth-order valence-corrected chi connectivity index (χ4v) is 3.86. The van der Waals surface area contributed by atoms with Gasteiger partial charge in [0.2, 0.25) is 5.91 Å². The second kappa shape index (κ2) is 7.90. The van der Waals surface area contributed by atoms with Gasteiger partial charge in [0.1, 0.15) is 11.6 Å². The van der Waals surface area contributed by atoms with Crippen LogP contribution in [0.4, 0.5) is 20.4 Å². The molecule has 2 aromatic rings. The van der Waals surface area contributed by atoms with Crippen molar-refractivity contribution in [2.24, 2.45) is 0 Å². The van der Waals surface area contributed by atoms with E-state index in [1.165, 1.54) is 24.9 Å². The van der Waals surface area contributed by atoms with Crippen molar-refractivity contribution in [2.45, 2.75) is 64.7 Å². The van der Waals surface area contributed by atoms with Crippen molar-refractivity contribution >= 4 is 23.5 Å². The maximum absolute atomic E-state index is 13.6. The lowest BCUT2D eigenvalue weighted by molar-refractivity contribution is -0.141. The zero-order valence-corrected chi connectivity index (χ0v) is 19.8. The SMILES string of the molecule is CC(C)c1cnc2c(c1)C(C)(C)C(=O)N2C.CC(C)c1cnc2c(c1)C(F)(F)C(=O)N2C. The van der Waals surface area contributed by atoms with Crippen LogP contribution in [0, 0.1) is 0 Å². The Morgan fingerprint density at radius 2 is 1.19 bits per heavy atom. The molecule has 8 heteroatoms. The van der Waals surface area contributed by atoms with Gasteiger partial charge in [-0.3, -0.25) is 19.4 Å². The number of amides is 2. The summed E-state index contributed by atoms with van der Waals surface area (Å²) >= 11 is 0. The van der Waals surface area contributed by atoms with Crippen LogP contribution in [0.2, 0.25) is 0 Å². The number of pyridine rings is 2. The van der Waals surface area contributed by atoms with Crippen molar-refractivity contribution in [1.29, 1.82) is 0 Å². The molecule has 0 aromatic carbocycles. The number of hydrogen-bond donors (Lipinski definition) is 0. The molecular formula is C24H30F2N4O2. The number of carbonyl (C=O) groups excluding carboxylic acids is 2. The number of alkyl halides is 2. The summed E-state index contributed by atoms with van der Waals surface area (Å²) in [7, 11) is 3.10. The lowest BCUT2D eigenvalue weighted by Gasteiger charge is -2.16. The average molecular weight is 445 g/mol. The molecule has 0 radical (unpaired) electrons. The molecule has 2 aliphatic heterocycles. The average Bonchev–Trinajstić information content (AvgIpc) is 3.02. The van der Waals surface area contributed by atoms with E-state index in [0.29, 0.717) is 11.5 Å². The van der Waals surface area contributed by atoms with Crippen LogP contribution in [-0.2, 0) is 20.9 Å². The molecule has 2 amide bonds. The molecular weight excluding hydrogens is 414 g/mol. The van der Waals surface area contributed by atoms with E-state index in [4.69, 9.17) is 0 Å². The first kappa shape index (κ1) is 23.8. The summed E-state index contributed by atoms with van der Waals surface area (Å²) in [5.74, 6) is -3.13. The minimum Gasteiger partial charge on any atom is -0.299 e. The van der Waals surface area contributed by atoms with E-state index in [1.54, 1.807) is 11.9 Å². The minimum absolute atomic E-state index is 0.0550. The van der Waals surface area contributed by atoms with Crippen LogP contribution in [0.1, 0.15) is 75.6 Å². The molecule has 172 valence electrons. The lowest BCUT2D eigenvalue weighted by atomic mass is 9.85. The molecule has 32 heavy (non-hydrogen) atoms. The molecule has 0 aliphatic carbocycles. The summed E-state index contributed by atoms with van der Waals surface area (Å²) < 4.78 is 27.2.